The fourth-order valence-electron chi connectivity index (χ4n) is 3.99. The van der Waals surface area contributed by atoms with Gasteiger partial charge in [-0.25, -0.2) is 4.79 Å². The number of nitrogens with zero attached hydrogens (tertiary/aromatic N) is 1. The van der Waals surface area contributed by atoms with Gasteiger partial charge in [0, 0.05) is 13.0 Å². The third kappa shape index (κ3) is 8.14. The number of benzene rings is 1. The van der Waals surface area contributed by atoms with Crippen LogP contribution >= 0.6 is 11.8 Å². The molecule has 3 amide bonds. The van der Waals surface area contributed by atoms with E-state index in [1.165, 1.54) is 17.0 Å². The normalized spacial score (nSPS) is 18.1. The molecule has 1 saturated heterocycles. The van der Waals surface area contributed by atoms with Crippen molar-refractivity contribution in [3.8, 4) is 5.75 Å². The minimum atomic E-state index is -1.09. The van der Waals surface area contributed by atoms with Crippen LogP contribution in [0.3, 0.4) is 0 Å². The fourth-order valence-corrected chi connectivity index (χ4v) is 4.48. The Labute approximate surface area is 210 Å². The van der Waals surface area contributed by atoms with Gasteiger partial charge in [0.25, 0.3) is 0 Å². The van der Waals surface area contributed by atoms with Gasteiger partial charge in [-0.2, -0.15) is 11.8 Å². The Morgan fingerprint density at radius 2 is 1.80 bits per heavy atom. The molecule has 1 aromatic rings. The van der Waals surface area contributed by atoms with Crippen LogP contribution < -0.4 is 16.4 Å². The van der Waals surface area contributed by atoms with Gasteiger partial charge >= 0.3 is 5.97 Å². The molecule has 1 heterocycles. The molecule has 2 rings (SSSR count). The van der Waals surface area contributed by atoms with E-state index in [-0.39, 0.29) is 24.6 Å². The number of thioether (sulfide) groups is 1. The molecule has 1 aliphatic heterocycles. The molecule has 0 unspecified atom stereocenters. The number of rotatable bonds is 12. The SMILES string of the molecule is CSCC[C@H](N)C(=O)N[C@H](C(=O)N[C@@H](Cc1ccc(O)cc1)C(=O)N1CCC[C@H]1C(=O)O)C(C)C. The Bertz CT molecular complexity index is 895. The largest absolute Gasteiger partial charge is 0.508 e. The molecule has 0 saturated carbocycles. The average molecular weight is 509 g/mol. The molecule has 10 nitrogen and oxygen atoms in total. The number of nitrogens with one attached hydrogen (secondary N) is 2. The molecule has 1 aromatic carbocycles. The highest BCUT2D eigenvalue weighted by Gasteiger charge is 2.38. The lowest BCUT2D eigenvalue weighted by Gasteiger charge is -2.30. The molecule has 0 aromatic heterocycles. The fraction of sp³-hybridized carbons (Fsp3) is 0.583. The van der Waals surface area contributed by atoms with E-state index in [0.29, 0.717) is 30.6 Å². The van der Waals surface area contributed by atoms with Gasteiger partial charge in [0.2, 0.25) is 17.7 Å². The van der Waals surface area contributed by atoms with Crippen molar-refractivity contribution in [3.05, 3.63) is 29.8 Å². The van der Waals surface area contributed by atoms with E-state index >= 15 is 0 Å². The summed E-state index contributed by atoms with van der Waals surface area (Å²) >= 11 is 1.57. The highest BCUT2D eigenvalue weighted by Crippen LogP contribution is 2.20. The van der Waals surface area contributed by atoms with Gasteiger partial charge in [0.05, 0.1) is 6.04 Å². The van der Waals surface area contributed by atoms with Crippen LogP contribution in [-0.2, 0) is 25.6 Å². The number of carboxylic acids is 1. The minimum absolute atomic E-state index is 0.0616. The summed E-state index contributed by atoms with van der Waals surface area (Å²) in [5.41, 5.74) is 6.63. The van der Waals surface area contributed by atoms with Crippen molar-refractivity contribution in [1.82, 2.24) is 15.5 Å². The van der Waals surface area contributed by atoms with E-state index in [0.717, 1.165) is 0 Å². The van der Waals surface area contributed by atoms with E-state index in [2.05, 4.69) is 10.6 Å². The van der Waals surface area contributed by atoms with Crippen molar-refractivity contribution in [2.45, 2.75) is 63.7 Å². The molecule has 0 bridgehead atoms. The number of carbonyl (C=O) groups is 4. The van der Waals surface area contributed by atoms with E-state index in [9.17, 15) is 29.4 Å². The van der Waals surface area contributed by atoms with Crippen LogP contribution in [0.4, 0.5) is 0 Å². The van der Waals surface area contributed by atoms with Gasteiger partial charge in [-0.05, 0) is 54.9 Å². The second-order valence-corrected chi connectivity index (χ2v) is 10.1. The smallest absolute Gasteiger partial charge is 0.326 e. The van der Waals surface area contributed by atoms with Crippen LogP contribution in [0.5, 0.6) is 5.75 Å². The molecule has 194 valence electrons. The monoisotopic (exact) mass is 508 g/mol. The molecular formula is C24H36N4O6S. The van der Waals surface area contributed by atoms with Gasteiger partial charge in [-0.1, -0.05) is 26.0 Å². The van der Waals surface area contributed by atoms with E-state index in [1.807, 2.05) is 6.26 Å². The topological polar surface area (TPSA) is 162 Å². The summed E-state index contributed by atoms with van der Waals surface area (Å²) in [7, 11) is 0. The second kappa shape index (κ2) is 13.3. The van der Waals surface area contributed by atoms with Crippen LogP contribution in [0.15, 0.2) is 24.3 Å². The number of phenolic OH excluding ortho intramolecular Hbond substituents is 1. The first kappa shape index (κ1) is 28.4. The van der Waals surface area contributed by atoms with Crippen LogP contribution in [0.1, 0.15) is 38.7 Å². The molecule has 1 aliphatic rings. The number of nitrogens with two attached hydrogens (primary N) is 1. The van der Waals surface area contributed by atoms with Gasteiger partial charge in [-0.3, -0.25) is 14.4 Å². The minimum Gasteiger partial charge on any atom is -0.508 e. The van der Waals surface area contributed by atoms with Gasteiger partial charge in [0.15, 0.2) is 0 Å². The summed E-state index contributed by atoms with van der Waals surface area (Å²) in [4.78, 5) is 52.1. The van der Waals surface area contributed by atoms with E-state index < -0.39 is 47.9 Å². The summed E-state index contributed by atoms with van der Waals surface area (Å²) in [5.74, 6) is -2.09. The van der Waals surface area contributed by atoms with Crippen molar-refractivity contribution in [1.29, 1.82) is 0 Å². The standard InChI is InChI=1S/C24H36N4O6S/c1-14(2)20(27-21(30)17(25)10-12-35-3)22(31)26-18(13-15-6-8-16(29)9-7-15)23(32)28-11-4-5-19(28)24(33)34/h6-9,14,17-20,29H,4-5,10-13,25H2,1-3H3,(H,26,31)(H,27,30)(H,33,34)/t17-,18-,19-,20-/m0/s1. The Morgan fingerprint density at radius 3 is 2.37 bits per heavy atom. The zero-order valence-corrected chi connectivity index (χ0v) is 21.2. The number of hydrogen-bond donors (Lipinski definition) is 5. The molecule has 0 radical (unpaired) electrons. The van der Waals surface area contributed by atoms with Gasteiger partial charge in [-0.15, -0.1) is 0 Å². The van der Waals surface area contributed by atoms with Gasteiger partial charge in [0.1, 0.15) is 23.9 Å². The third-order valence-electron chi connectivity index (χ3n) is 6.03. The predicted octanol–water partition coefficient (Wildman–Crippen LogP) is 0.716. The summed E-state index contributed by atoms with van der Waals surface area (Å²) in [6, 6.07) is 2.54. The highest BCUT2D eigenvalue weighted by molar-refractivity contribution is 7.98. The molecule has 4 atom stereocenters. The van der Waals surface area contributed by atoms with Gasteiger partial charge < -0.3 is 31.5 Å². The lowest BCUT2D eigenvalue weighted by atomic mass is 10.00. The quantitative estimate of drug-likeness (QED) is 0.276. The predicted molar refractivity (Wildman–Crippen MR) is 134 cm³/mol. The van der Waals surface area contributed by atoms with E-state index in [1.54, 1.807) is 37.7 Å². The Morgan fingerprint density at radius 1 is 1.14 bits per heavy atom. The molecule has 11 heteroatoms. The Balaban J connectivity index is 2.23. The summed E-state index contributed by atoms with van der Waals surface area (Å²) in [5, 5.41) is 24.5. The summed E-state index contributed by atoms with van der Waals surface area (Å²) in [6.45, 7) is 3.83. The molecule has 1 fully saturated rings. The number of hydrogen-bond acceptors (Lipinski definition) is 7. The van der Waals surface area contributed by atoms with Crippen molar-refractivity contribution < 1.29 is 29.4 Å². The number of aromatic hydroxyl groups is 1. The second-order valence-electron chi connectivity index (χ2n) is 9.08. The first-order valence-electron chi connectivity index (χ1n) is 11.7. The number of carboxylic acid groups (broad SMARTS) is 1. The number of carbonyl (C=O) groups excluding carboxylic acids is 3. The lowest BCUT2D eigenvalue weighted by molar-refractivity contribution is -0.149. The first-order chi connectivity index (χ1) is 16.5. The maximum Gasteiger partial charge on any atom is 0.326 e. The van der Waals surface area contributed by atoms with Crippen LogP contribution in [0, 0.1) is 5.92 Å². The van der Waals surface area contributed by atoms with Crippen LogP contribution in [-0.4, -0.2) is 81.5 Å². The number of aliphatic carboxylic acids is 1. The van der Waals surface area contributed by atoms with Crippen molar-refractivity contribution in [2.24, 2.45) is 11.7 Å². The highest BCUT2D eigenvalue weighted by atomic mass is 32.2. The van der Waals surface area contributed by atoms with E-state index in [4.69, 9.17) is 5.73 Å². The number of amides is 3. The molecule has 0 spiro atoms. The van der Waals surface area contributed by atoms with Crippen molar-refractivity contribution in [2.75, 3.05) is 18.6 Å². The van der Waals surface area contributed by atoms with Crippen LogP contribution in [0.2, 0.25) is 0 Å². The molecular weight excluding hydrogens is 472 g/mol. The Hall–Kier alpha value is -2.79. The maximum atomic E-state index is 13.4. The zero-order valence-electron chi connectivity index (χ0n) is 20.4. The van der Waals surface area contributed by atoms with Crippen LogP contribution in [0.25, 0.3) is 0 Å². The first-order valence-corrected chi connectivity index (χ1v) is 13.1. The lowest BCUT2D eigenvalue weighted by Crippen LogP contribution is -2.59. The third-order valence-corrected chi connectivity index (χ3v) is 6.67. The molecule has 0 aliphatic carbocycles. The zero-order chi connectivity index (χ0) is 26.1. The molecule has 35 heavy (non-hydrogen) atoms. The summed E-state index contributed by atoms with van der Waals surface area (Å²) in [6.07, 6.45) is 3.38. The Kier molecular flexibility index (Phi) is 10.8. The van der Waals surface area contributed by atoms with Crippen molar-refractivity contribution >= 4 is 35.5 Å². The number of phenols is 1. The maximum absolute atomic E-state index is 13.4. The summed E-state index contributed by atoms with van der Waals surface area (Å²) < 4.78 is 0. The number of likely N-dealkylation sites (tertiary alicyclic amines) is 1. The van der Waals surface area contributed by atoms with Crippen molar-refractivity contribution in [3.63, 3.8) is 0 Å². The average Bonchev–Trinajstić information content (AvgIpc) is 3.31. The molecule has 6 N–H and O–H groups in total.